The molecule has 0 atom stereocenters. The normalized spacial score (nSPS) is 10.0. The van der Waals surface area contributed by atoms with E-state index in [4.69, 9.17) is 15.2 Å². The maximum Gasteiger partial charge on any atom is 0.132 e. The van der Waals surface area contributed by atoms with Gasteiger partial charge in [-0.2, -0.15) is 0 Å². The Morgan fingerprint density at radius 3 is 2.24 bits per heavy atom. The summed E-state index contributed by atoms with van der Waals surface area (Å²) in [6.07, 6.45) is 0. The minimum absolute atomic E-state index is 0.694. The third-order valence-corrected chi connectivity index (χ3v) is 2.50. The average molecular weight is 229 g/mol. The van der Waals surface area contributed by atoms with Crippen molar-refractivity contribution in [2.24, 2.45) is 0 Å². The Labute approximate surface area is 101 Å². The second-order valence-electron chi connectivity index (χ2n) is 3.80. The summed E-state index contributed by atoms with van der Waals surface area (Å²) >= 11 is 0. The van der Waals surface area contributed by atoms with Crippen molar-refractivity contribution in [3.05, 3.63) is 48.0 Å². The molecule has 0 bridgehead atoms. The quantitative estimate of drug-likeness (QED) is 0.820. The summed E-state index contributed by atoms with van der Waals surface area (Å²) in [5.41, 5.74) is 7.47. The molecule has 0 radical (unpaired) electrons. The number of rotatable bonds is 3. The molecular formula is C14H15NO2. The zero-order valence-electron chi connectivity index (χ0n) is 9.94. The molecule has 0 amide bonds. The van der Waals surface area contributed by atoms with Crippen molar-refractivity contribution in [1.29, 1.82) is 0 Å². The van der Waals surface area contributed by atoms with E-state index in [1.165, 1.54) is 0 Å². The molecule has 3 heteroatoms. The van der Waals surface area contributed by atoms with Crippen molar-refractivity contribution >= 4 is 5.69 Å². The van der Waals surface area contributed by atoms with Gasteiger partial charge in [0.15, 0.2) is 0 Å². The fourth-order valence-electron chi connectivity index (χ4n) is 1.50. The van der Waals surface area contributed by atoms with Gasteiger partial charge in [-0.3, -0.25) is 0 Å². The fourth-order valence-corrected chi connectivity index (χ4v) is 1.50. The van der Waals surface area contributed by atoms with E-state index in [1.54, 1.807) is 7.11 Å². The number of nitrogen functional groups attached to an aromatic ring is 1. The monoisotopic (exact) mass is 229 g/mol. The molecule has 2 rings (SSSR count). The maximum absolute atomic E-state index is 5.75. The highest BCUT2D eigenvalue weighted by Gasteiger charge is 2.02. The summed E-state index contributed by atoms with van der Waals surface area (Å²) < 4.78 is 10.8. The van der Waals surface area contributed by atoms with E-state index in [-0.39, 0.29) is 0 Å². The van der Waals surface area contributed by atoms with Crippen LogP contribution < -0.4 is 15.2 Å². The smallest absolute Gasteiger partial charge is 0.132 e. The Kier molecular flexibility index (Phi) is 3.19. The topological polar surface area (TPSA) is 44.5 Å². The Bertz CT molecular complexity index is 506. The number of nitrogens with two attached hydrogens (primary N) is 1. The number of anilines is 1. The molecule has 2 aromatic rings. The second-order valence-corrected chi connectivity index (χ2v) is 3.80. The largest absolute Gasteiger partial charge is 0.497 e. The van der Waals surface area contributed by atoms with Crippen molar-refractivity contribution in [2.45, 2.75) is 6.92 Å². The van der Waals surface area contributed by atoms with Gasteiger partial charge in [-0.1, -0.05) is 6.07 Å². The lowest BCUT2D eigenvalue weighted by molar-refractivity contribution is 0.412. The van der Waals surface area contributed by atoms with E-state index in [9.17, 15) is 0 Å². The molecule has 0 heterocycles. The molecule has 0 unspecified atom stereocenters. The number of benzene rings is 2. The molecule has 0 fully saturated rings. The van der Waals surface area contributed by atoms with Crippen LogP contribution in [0.3, 0.4) is 0 Å². The predicted octanol–water partition coefficient (Wildman–Crippen LogP) is 3.38. The van der Waals surface area contributed by atoms with Crippen LogP contribution in [0.1, 0.15) is 5.56 Å². The van der Waals surface area contributed by atoms with Crippen LogP contribution in [0.5, 0.6) is 17.2 Å². The highest BCUT2D eigenvalue weighted by atomic mass is 16.5. The van der Waals surface area contributed by atoms with Gasteiger partial charge in [0.2, 0.25) is 0 Å². The molecule has 0 aliphatic heterocycles. The number of ether oxygens (including phenoxy) is 2. The van der Waals surface area contributed by atoms with E-state index < -0.39 is 0 Å². The third kappa shape index (κ3) is 2.69. The van der Waals surface area contributed by atoms with Crippen LogP contribution in [0, 0.1) is 6.92 Å². The molecule has 0 saturated heterocycles. The molecule has 2 aromatic carbocycles. The van der Waals surface area contributed by atoms with Gasteiger partial charge in [0.25, 0.3) is 0 Å². The first-order chi connectivity index (χ1) is 8.19. The second kappa shape index (κ2) is 4.78. The summed E-state index contributed by atoms with van der Waals surface area (Å²) in [5.74, 6) is 2.34. The summed E-state index contributed by atoms with van der Waals surface area (Å²) in [6.45, 7) is 1.98. The van der Waals surface area contributed by atoms with Crippen molar-refractivity contribution in [3.8, 4) is 17.2 Å². The lowest BCUT2D eigenvalue weighted by Gasteiger charge is -2.09. The molecule has 0 saturated carbocycles. The Balaban J connectivity index is 2.22. The summed E-state index contributed by atoms with van der Waals surface area (Å²) in [5, 5.41) is 0. The standard InChI is InChI=1S/C14H15NO2/c1-10-3-4-11(15)9-14(10)17-13-7-5-12(16-2)6-8-13/h3-9H,15H2,1-2H3. The summed E-state index contributed by atoms with van der Waals surface area (Å²) in [7, 11) is 1.64. The van der Waals surface area contributed by atoms with Crippen LogP contribution in [0.25, 0.3) is 0 Å². The Hall–Kier alpha value is -2.16. The van der Waals surface area contributed by atoms with Crippen LogP contribution in [-0.4, -0.2) is 7.11 Å². The molecule has 88 valence electrons. The van der Waals surface area contributed by atoms with Gasteiger partial charge in [-0.05, 0) is 42.8 Å². The van der Waals surface area contributed by atoms with Crippen molar-refractivity contribution in [2.75, 3.05) is 12.8 Å². The van der Waals surface area contributed by atoms with Crippen LogP contribution in [0.15, 0.2) is 42.5 Å². The van der Waals surface area contributed by atoms with Crippen LogP contribution in [0.2, 0.25) is 0 Å². The van der Waals surface area contributed by atoms with Crippen LogP contribution >= 0.6 is 0 Å². The molecule has 0 aromatic heterocycles. The molecule has 0 aliphatic carbocycles. The van der Waals surface area contributed by atoms with E-state index in [0.717, 1.165) is 22.8 Å². The zero-order valence-corrected chi connectivity index (χ0v) is 9.94. The van der Waals surface area contributed by atoms with Crippen LogP contribution in [0.4, 0.5) is 5.69 Å². The van der Waals surface area contributed by atoms with Gasteiger partial charge in [0.1, 0.15) is 17.2 Å². The lowest BCUT2D eigenvalue weighted by atomic mass is 10.2. The van der Waals surface area contributed by atoms with Crippen molar-refractivity contribution in [3.63, 3.8) is 0 Å². The first-order valence-electron chi connectivity index (χ1n) is 5.37. The Morgan fingerprint density at radius 2 is 1.59 bits per heavy atom. The maximum atomic E-state index is 5.75. The van der Waals surface area contributed by atoms with E-state index in [1.807, 2.05) is 49.4 Å². The first kappa shape index (κ1) is 11.3. The molecule has 0 spiro atoms. The van der Waals surface area contributed by atoms with E-state index >= 15 is 0 Å². The van der Waals surface area contributed by atoms with Crippen molar-refractivity contribution in [1.82, 2.24) is 0 Å². The highest BCUT2D eigenvalue weighted by Crippen LogP contribution is 2.28. The van der Waals surface area contributed by atoms with E-state index in [2.05, 4.69) is 0 Å². The summed E-state index contributed by atoms with van der Waals surface area (Å²) in [4.78, 5) is 0. The molecule has 17 heavy (non-hydrogen) atoms. The molecule has 0 aliphatic rings. The molecular weight excluding hydrogens is 214 g/mol. The minimum Gasteiger partial charge on any atom is -0.497 e. The lowest BCUT2D eigenvalue weighted by Crippen LogP contribution is -1.91. The summed E-state index contributed by atoms with van der Waals surface area (Å²) in [6, 6.07) is 13.1. The van der Waals surface area contributed by atoms with E-state index in [0.29, 0.717) is 5.69 Å². The predicted molar refractivity (Wildman–Crippen MR) is 68.7 cm³/mol. The zero-order chi connectivity index (χ0) is 12.3. The van der Waals surface area contributed by atoms with Crippen molar-refractivity contribution < 1.29 is 9.47 Å². The molecule has 2 N–H and O–H groups in total. The average Bonchev–Trinajstić information content (AvgIpc) is 2.35. The molecule has 3 nitrogen and oxygen atoms in total. The van der Waals surface area contributed by atoms with Gasteiger partial charge in [0, 0.05) is 11.8 Å². The SMILES string of the molecule is COc1ccc(Oc2cc(N)ccc2C)cc1. The third-order valence-electron chi connectivity index (χ3n) is 2.50. The van der Waals surface area contributed by atoms with Gasteiger partial charge in [-0.15, -0.1) is 0 Å². The van der Waals surface area contributed by atoms with Gasteiger partial charge < -0.3 is 15.2 Å². The number of methoxy groups -OCH3 is 1. The number of hydrogen-bond acceptors (Lipinski definition) is 3. The fraction of sp³-hybridized carbons (Fsp3) is 0.143. The van der Waals surface area contributed by atoms with Gasteiger partial charge in [0.05, 0.1) is 7.11 Å². The van der Waals surface area contributed by atoms with Gasteiger partial charge in [-0.25, -0.2) is 0 Å². The van der Waals surface area contributed by atoms with Crippen LogP contribution in [-0.2, 0) is 0 Å². The number of aryl methyl sites for hydroxylation is 1. The number of hydrogen-bond donors (Lipinski definition) is 1. The first-order valence-corrected chi connectivity index (χ1v) is 5.37. The van der Waals surface area contributed by atoms with Gasteiger partial charge >= 0.3 is 0 Å². The highest BCUT2D eigenvalue weighted by molar-refractivity contribution is 5.49. The minimum atomic E-state index is 0.694. The Morgan fingerprint density at radius 1 is 0.941 bits per heavy atom.